The minimum Gasteiger partial charge on any atom is -0.479 e. The zero-order valence-electron chi connectivity index (χ0n) is 8.75. The zero-order valence-corrected chi connectivity index (χ0v) is 8.75. The Bertz CT molecular complexity index is 519. The van der Waals surface area contributed by atoms with Crippen LogP contribution < -0.4 is 4.74 Å². The minimum absolute atomic E-state index is 0.542. The van der Waals surface area contributed by atoms with Gasteiger partial charge in [-0.05, 0) is 25.1 Å². The molecule has 1 aromatic heterocycles. The number of fused-ring (bicyclic) bond motifs is 1. The molecular weight excluding hydrogens is 206 g/mol. The van der Waals surface area contributed by atoms with Gasteiger partial charge >= 0.3 is 5.97 Å². The van der Waals surface area contributed by atoms with E-state index in [1.165, 1.54) is 6.92 Å². The minimum atomic E-state index is -0.985. The fourth-order valence-corrected chi connectivity index (χ4v) is 1.41. The molecule has 82 valence electrons. The number of aliphatic carboxylic acids is 1. The predicted molar refractivity (Wildman–Crippen MR) is 59.5 cm³/mol. The number of hydrogen-bond donors (Lipinski definition) is 1. The Morgan fingerprint density at radius 2 is 2.12 bits per heavy atom. The molecule has 0 amide bonds. The summed E-state index contributed by atoms with van der Waals surface area (Å²) >= 11 is 0. The predicted octanol–water partition coefficient (Wildman–Crippen LogP) is 2.09. The van der Waals surface area contributed by atoms with Crippen LogP contribution in [0.15, 0.2) is 36.5 Å². The van der Waals surface area contributed by atoms with Crippen molar-refractivity contribution in [2.45, 2.75) is 13.0 Å². The quantitative estimate of drug-likeness (QED) is 0.855. The van der Waals surface area contributed by atoms with Crippen molar-refractivity contribution in [3.63, 3.8) is 0 Å². The molecule has 0 aliphatic carbocycles. The van der Waals surface area contributed by atoms with Crippen LogP contribution in [0.25, 0.3) is 10.9 Å². The van der Waals surface area contributed by atoms with Crippen LogP contribution in [0.1, 0.15) is 6.92 Å². The molecule has 0 fully saturated rings. The molecule has 0 aliphatic rings. The third kappa shape index (κ3) is 1.95. The fourth-order valence-electron chi connectivity index (χ4n) is 1.41. The number of carboxylic acid groups (broad SMARTS) is 1. The molecule has 1 aromatic carbocycles. The molecule has 0 saturated carbocycles. The fraction of sp³-hybridized carbons (Fsp3) is 0.167. The molecule has 4 heteroatoms. The van der Waals surface area contributed by atoms with Crippen molar-refractivity contribution in [1.29, 1.82) is 0 Å². The highest BCUT2D eigenvalue weighted by atomic mass is 16.5. The highest BCUT2D eigenvalue weighted by Gasteiger charge is 2.13. The van der Waals surface area contributed by atoms with Gasteiger partial charge in [0.2, 0.25) is 0 Å². The van der Waals surface area contributed by atoms with Gasteiger partial charge in [0.15, 0.2) is 6.10 Å². The van der Waals surface area contributed by atoms with Crippen LogP contribution in [0.3, 0.4) is 0 Å². The van der Waals surface area contributed by atoms with Crippen LogP contribution >= 0.6 is 0 Å². The standard InChI is InChI=1S/C12H11NO3/c1-8(12(14)15)16-11-6-7-13-10-5-3-2-4-9(10)11/h2-8H,1H3,(H,14,15)/t8-/m0/s1. The van der Waals surface area contributed by atoms with E-state index in [4.69, 9.17) is 9.84 Å². The first-order chi connectivity index (χ1) is 7.68. The molecule has 1 N–H and O–H groups in total. The average molecular weight is 217 g/mol. The topological polar surface area (TPSA) is 59.4 Å². The third-order valence-electron chi connectivity index (χ3n) is 2.26. The summed E-state index contributed by atoms with van der Waals surface area (Å²) in [4.78, 5) is 14.9. The van der Waals surface area contributed by atoms with Crippen molar-refractivity contribution in [3.8, 4) is 5.75 Å². The van der Waals surface area contributed by atoms with E-state index in [0.717, 1.165) is 10.9 Å². The summed E-state index contributed by atoms with van der Waals surface area (Å²) in [7, 11) is 0. The van der Waals surface area contributed by atoms with E-state index in [2.05, 4.69) is 4.98 Å². The largest absolute Gasteiger partial charge is 0.479 e. The molecule has 0 spiro atoms. The van der Waals surface area contributed by atoms with E-state index < -0.39 is 12.1 Å². The summed E-state index contributed by atoms with van der Waals surface area (Å²) in [5.74, 6) is -0.443. The summed E-state index contributed by atoms with van der Waals surface area (Å²) in [5.41, 5.74) is 0.789. The normalized spacial score (nSPS) is 12.3. The lowest BCUT2D eigenvalue weighted by molar-refractivity contribution is -0.144. The Balaban J connectivity index is 2.41. The number of nitrogens with zero attached hydrogens (tertiary/aromatic N) is 1. The van der Waals surface area contributed by atoms with Crippen LogP contribution in [-0.4, -0.2) is 22.2 Å². The van der Waals surface area contributed by atoms with E-state index in [1.54, 1.807) is 12.3 Å². The van der Waals surface area contributed by atoms with Crippen LogP contribution in [0.2, 0.25) is 0 Å². The maximum Gasteiger partial charge on any atom is 0.344 e. The number of pyridine rings is 1. The lowest BCUT2D eigenvalue weighted by atomic mass is 10.2. The number of carboxylic acids is 1. The maximum absolute atomic E-state index is 10.7. The molecule has 2 aromatic rings. The van der Waals surface area contributed by atoms with E-state index in [9.17, 15) is 4.79 Å². The number of carbonyl (C=O) groups is 1. The molecule has 0 saturated heterocycles. The highest BCUT2D eigenvalue weighted by Crippen LogP contribution is 2.24. The Morgan fingerprint density at radius 1 is 1.38 bits per heavy atom. The van der Waals surface area contributed by atoms with Crippen LogP contribution in [0.4, 0.5) is 0 Å². The van der Waals surface area contributed by atoms with Crippen molar-refractivity contribution in [2.24, 2.45) is 0 Å². The summed E-state index contributed by atoms with van der Waals surface area (Å²) in [6, 6.07) is 9.11. The number of ether oxygens (including phenoxy) is 1. The summed E-state index contributed by atoms with van der Waals surface area (Å²) in [5, 5.41) is 9.59. The Labute approximate surface area is 92.5 Å². The van der Waals surface area contributed by atoms with Crippen molar-refractivity contribution < 1.29 is 14.6 Å². The van der Waals surface area contributed by atoms with Crippen LogP contribution in [-0.2, 0) is 4.79 Å². The molecule has 2 rings (SSSR count). The van der Waals surface area contributed by atoms with Gasteiger partial charge in [0.1, 0.15) is 5.75 Å². The number of aromatic nitrogens is 1. The van der Waals surface area contributed by atoms with Gasteiger partial charge in [-0.2, -0.15) is 0 Å². The molecule has 1 heterocycles. The Kier molecular flexibility index (Phi) is 2.72. The number of benzene rings is 1. The van der Waals surface area contributed by atoms with Crippen molar-refractivity contribution in [1.82, 2.24) is 4.98 Å². The molecule has 4 nitrogen and oxygen atoms in total. The highest BCUT2D eigenvalue weighted by molar-refractivity contribution is 5.85. The molecule has 0 unspecified atom stereocenters. The van der Waals surface area contributed by atoms with Crippen LogP contribution in [0.5, 0.6) is 5.75 Å². The van der Waals surface area contributed by atoms with Gasteiger partial charge in [0.25, 0.3) is 0 Å². The van der Waals surface area contributed by atoms with Gasteiger partial charge in [-0.25, -0.2) is 4.79 Å². The second kappa shape index (κ2) is 4.18. The number of para-hydroxylation sites is 1. The Hall–Kier alpha value is -2.10. The number of rotatable bonds is 3. The Morgan fingerprint density at radius 3 is 2.88 bits per heavy atom. The molecular formula is C12H11NO3. The summed E-state index contributed by atoms with van der Waals surface area (Å²) in [6.45, 7) is 1.50. The van der Waals surface area contributed by atoms with Gasteiger partial charge in [-0.3, -0.25) is 4.98 Å². The van der Waals surface area contributed by atoms with Crippen molar-refractivity contribution in [2.75, 3.05) is 0 Å². The molecule has 0 bridgehead atoms. The van der Waals surface area contributed by atoms with Gasteiger partial charge < -0.3 is 9.84 Å². The van der Waals surface area contributed by atoms with Crippen LogP contribution in [0, 0.1) is 0 Å². The first-order valence-electron chi connectivity index (χ1n) is 4.91. The SMILES string of the molecule is C[C@H](Oc1ccnc2ccccc12)C(=O)O. The van der Waals surface area contributed by atoms with E-state index in [0.29, 0.717) is 5.75 Å². The van der Waals surface area contributed by atoms with Gasteiger partial charge in [-0.1, -0.05) is 12.1 Å². The van der Waals surface area contributed by atoms with Gasteiger partial charge in [0, 0.05) is 11.6 Å². The summed E-state index contributed by atoms with van der Waals surface area (Å²) < 4.78 is 5.35. The van der Waals surface area contributed by atoms with Gasteiger partial charge in [-0.15, -0.1) is 0 Å². The van der Waals surface area contributed by atoms with Crippen molar-refractivity contribution >= 4 is 16.9 Å². The second-order valence-electron chi connectivity index (χ2n) is 3.42. The van der Waals surface area contributed by atoms with E-state index in [1.807, 2.05) is 24.3 Å². The molecule has 1 atom stereocenters. The smallest absolute Gasteiger partial charge is 0.344 e. The molecule has 0 radical (unpaired) electrons. The van der Waals surface area contributed by atoms with Crippen molar-refractivity contribution in [3.05, 3.63) is 36.5 Å². The second-order valence-corrected chi connectivity index (χ2v) is 3.42. The monoisotopic (exact) mass is 217 g/mol. The van der Waals surface area contributed by atoms with Gasteiger partial charge in [0.05, 0.1) is 5.52 Å². The summed E-state index contributed by atoms with van der Waals surface area (Å²) in [6.07, 6.45) is 0.734. The third-order valence-corrected chi connectivity index (χ3v) is 2.26. The lowest BCUT2D eigenvalue weighted by Crippen LogP contribution is -2.22. The first-order valence-corrected chi connectivity index (χ1v) is 4.91. The lowest BCUT2D eigenvalue weighted by Gasteiger charge is -2.11. The first kappa shape index (κ1) is 10.4. The van der Waals surface area contributed by atoms with E-state index in [-0.39, 0.29) is 0 Å². The number of hydrogen-bond acceptors (Lipinski definition) is 3. The average Bonchev–Trinajstić information content (AvgIpc) is 2.29. The molecule has 16 heavy (non-hydrogen) atoms. The zero-order chi connectivity index (χ0) is 11.5. The van der Waals surface area contributed by atoms with E-state index >= 15 is 0 Å². The maximum atomic E-state index is 10.7. The molecule has 0 aliphatic heterocycles.